The van der Waals surface area contributed by atoms with Crippen LogP contribution in [0.2, 0.25) is 0 Å². The highest BCUT2D eigenvalue weighted by molar-refractivity contribution is 5.31. The van der Waals surface area contributed by atoms with Crippen molar-refractivity contribution < 1.29 is 0 Å². The molecule has 0 spiro atoms. The van der Waals surface area contributed by atoms with Gasteiger partial charge in [-0.1, -0.05) is 43.5 Å². The van der Waals surface area contributed by atoms with Crippen molar-refractivity contribution >= 4 is 0 Å². The first-order valence-electron chi connectivity index (χ1n) is 6.89. The number of rotatable bonds is 3. The number of benzene rings is 1. The van der Waals surface area contributed by atoms with Gasteiger partial charge >= 0.3 is 0 Å². The molecule has 1 nitrogen and oxygen atoms in total. The van der Waals surface area contributed by atoms with Crippen LogP contribution in [0, 0.1) is 25.7 Å². The summed E-state index contributed by atoms with van der Waals surface area (Å²) in [6.45, 7) is 6.72. The van der Waals surface area contributed by atoms with Crippen LogP contribution in [0.5, 0.6) is 0 Å². The Morgan fingerprint density at radius 3 is 2.71 bits per heavy atom. The van der Waals surface area contributed by atoms with Crippen LogP contribution in [-0.2, 0) is 6.42 Å². The van der Waals surface area contributed by atoms with E-state index in [0.717, 1.165) is 18.3 Å². The minimum absolute atomic E-state index is 0.341. The van der Waals surface area contributed by atoms with Gasteiger partial charge in [0.25, 0.3) is 0 Å². The lowest BCUT2D eigenvalue weighted by Gasteiger charge is -2.24. The highest BCUT2D eigenvalue weighted by Gasteiger charge is 2.28. The van der Waals surface area contributed by atoms with Crippen molar-refractivity contribution in [2.75, 3.05) is 0 Å². The van der Waals surface area contributed by atoms with E-state index in [1.54, 1.807) is 0 Å². The summed E-state index contributed by atoms with van der Waals surface area (Å²) in [7, 11) is 0. The van der Waals surface area contributed by atoms with Gasteiger partial charge in [-0.3, -0.25) is 0 Å². The van der Waals surface area contributed by atoms with Gasteiger partial charge in [0.15, 0.2) is 0 Å². The van der Waals surface area contributed by atoms with Crippen LogP contribution in [0.15, 0.2) is 18.2 Å². The molecular formula is C16H25N. The van der Waals surface area contributed by atoms with Gasteiger partial charge < -0.3 is 5.73 Å². The fraction of sp³-hybridized carbons (Fsp3) is 0.625. The molecule has 1 aliphatic carbocycles. The Labute approximate surface area is 105 Å². The molecule has 17 heavy (non-hydrogen) atoms. The van der Waals surface area contributed by atoms with Gasteiger partial charge in [0.2, 0.25) is 0 Å². The third-order valence-corrected chi connectivity index (χ3v) is 4.44. The summed E-state index contributed by atoms with van der Waals surface area (Å²) in [6.07, 6.45) is 5.10. The molecular weight excluding hydrogens is 206 g/mol. The second-order valence-electron chi connectivity index (χ2n) is 5.87. The first kappa shape index (κ1) is 12.6. The minimum atomic E-state index is 0.341. The van der Waals surface area contributed by atoms with Gasteiger partial charge in [-0.05, 0) is 49.7 Å². The second-order valence-corrected chi connectivity index (χ2v) is 5.87. The van der Waals surface area contributed by atoms with E-state index >= 15 is 0 Å². The van der Waals surface area contributed by atoms with Gasteiger partial charge in [-0.25, -0.2) is 0 Å². The number of hydrogen-bond donors (Lipinski definition) is 1. The zero-order valence-electron chi connectivity index (χ0n) is 11.4. The van der Waals surface area contributed by atoms with E-state index in [4.69, 9.17) is 5.73 Å². The Kier molecular flexibility index (Phi) is 3.88. The molecule has 3 atom stereocenters. The van der Waals surface area contributed by atoms with E-state index in [1.807, 2.05) is 0 Å². The molecule has 0 radical (unpaired) electrons. The Morgan fingerprint density at radius 1 is 1.29 bits per heavy atom. The molecule has 1 saturated carbocycles. The average molecular weight is 231 g/mol. The molecule has 0 amide bonds. The molecule has 94 valence electrons. The first-order chi connectivity index (χ1) is 8.08. The van der Waals surface area contributed by atoms with E-state index in [9.17, 15) is 0 Å². The van der Waals surface area contributed by atoms with Crippen molar-refractivity contribution in [3.63, 3.8) is 0 Å². The molecule has 0 aliphatic heterocycles. The van der Waals surface area contributed by atoms with Crippen molar-refractivity contribution in [2.24, 2.45) is 17.6 Å². The van der Waals surface area contributed by atoms with Crippen LogP contribution in [0.3, 0.4) is 0 Å². The molecule has 0 aromatic heterocycles. The third-order valence-electron chi connectivity index (χ3n) is 4.44. The highest BCUT2D eigenvalue weighted by Crippen LogP contribution is 2.34. The van der Waals surface area contributed by atoms with Gasteiger partial charge in [0, 0.05) is 6.04 Å². The second kappa shape index (κ2) is 5.22. The molecule has 1 aliphatic rings. The van der Waals surface area contributed by atoms with Crippen LogP contribution in [0.4, 0.5) is 0 Å². The van der Waals surface area contributed by atoms with E-state index in [0.29, 0.717) is 6.04 Å². The number of nitrogens with two attached hydrogens (primary N) is 1. The van der Waals surface area contributed by atoms with Gasteiger partial charge in [0.1, 0.15) is 0 Å². The number of aryl methyl sites for hydroxylation is 2. The minimum Gasteiger partial charge on any atom is -0.327 e. The predicted octanol–water partition coefficient (Wildman–Crippen LogP) is 3.61. The summed E-state index contributed by atoms with van der Waals surface area (Å²) in [6, 6.07) is 7.04. The SMILES string of the molecule is Cc1ccc(C)c(CC(N)C2CCCC2C)c1. The lowest BCUT2D eigenvalue weighted by atomic mass is 9.86. The van der Waals surface area contributed by atoms with Crippen molar-refractivity contribution in [2.45, 2.75) is 52.5 Å². The molecule has 1 fully saturated rings. The lowest BCUT2D eigenvalue weighted by molar-refractivity contribution is 0.343. The molecule has 3 unspecified atom stereocenters. The van der Waals surface area contributed by atoms with Crippen LogP contribution in [0.1, 0.15) is 42.9 Å². The molecule has 0 saturated heterocycles. The fourth-order valence-corrected chi connectivity index (χ4v) is 3.24. The summed E-state index contributed by atoms with van der Waals surface area (Å²) in [4.78, 5) is 0. The van der Waals surface area contributed by atoms with Gasteiger partial charge in [-0.15, -0.1) is 0 Å². The quantitative estimate of drug-likeness (QED) is 0.845. The molecule has 1 heteroatoms. The molecule has 1 aromatic carbocycles. The van der Waals surface area contributed by atoms with Crippen molar-refractivity contribution in [3.8, 4) is 0 Å². The maximum absolute atomic E-state index is 6.42. The fourth-order valence-electron chi connectivity index (χ4n) is 3.24. The van der Waals surface area contributed by atoms with Gasteiger partial charge in [-0.2, -0.15) is 0 Å². The van der Waals surface area contributed by atoms with Crippen LogP contribution in [-0.4, -0.2) is 6.04 Å². The monoisotopic (exact) mass is 231 g/mol. The zero-order chi connectivity index (χ0) is 12.4. The van der Waals surface area contributed by atoms with E-state index in [1.165, 1.54) is 36.0 Å². The molecule has 1 aromatic rings. The summed E-state index contributed by atoms with van der Waals surface area (Å²) in [5, 5.41) is 0. The predicted molar refractivity (Wildman–Crippen MR) is 74.1 cm³/mol. The molecule has 2 N–H and O–H groups in total. The summed E-state index contributed by atoms with van der Waals surface area (Å²) in [5.41, 5.74) is 10.6. The lowest BCUT2D eigenvalue weighted by Crippen LogP contribution is -2.33. The van der Waals surface area contributed by atoms with Crippen LogP contribution < -0.4 is 5.73 Å². The van der Waals surface area contributed by atoms with E-state index < -0.39 is 0 Å². The Bertz CT molecular complexity index is 383. The van der Waals surface area contributed by atoms with Crippen LogP contribution in [0.25, 0.3) is 0 Å². The highest BCUT2D eigenvalue weighted by atomic mass is 14.7. The van der Waals surface area contributed by atoms with Gasteiger partial charge in [0.05, 0.1) is 0 Å². The van der Waals surface area contributed by atoms with Crippen molar-refractivity contribution in [1.82, 2.24) is 0 Å². The number of hydrogen-bond acceptors (Lipinski definition) is 1. The van der Waals surface area contributed by atoms with Crippen molar-refractivity contribution in [3.05, 3.63) is 34.9 Å². The summed E-state index contributed by atoms with van der Waals surface area (Å²) in [5.74, 6) is 1.55. The maximum atomic E-state index is 6.42. The topological polar surface area (TPSA) is 26.0 Å². The maximum Gasteiger partial charge on any atom is 0.0110 e. The van der Waals surface area contributed by atoms with Crippen molar-refractivity contribution in [1.29, 1.82) is 0 Å². The Hall–Kier alpha value is -0.820. The molecule has 0 heterocycles. The molecule has 0 bridgehead atoms. The average Bonchev–Trinajstić information content (AvgIpc) is 2.70. The smallest absolute Gasteiger partial charge is 0.0110 e. The third kappa shape index (κ3) is 2.90. The normalized spacial score (nSPS) is 26.1. The summed E-state index contributed by atoms with van der Waals surface area (Å²) >= 11 is 0. The largest absolute Gasteiger partial charge is 0.327 e. The van der Waals surface area contributed by atoms with E-state index in [2.05, 4.69) is 39.0 Å². The standard InChI is InChI=1S/C16H25N/c1-11-7-8-12(2)14(9-11)10-16(17)15-6-4-5-13(15)3/h7-9,13,15-16H,4-6,10,17H2,1-3H3. The first-order valence-corrected chi connectivity index (χ1v) is 6.89. The summed E-state index contributed by atoms with van der Waals surface area (Å²) < 4.78 is 0. The molecule has 2 rings (SSSR count). The Balaban J connectivity index is 2.07. The zero-order valence-corrected chi connectivity index (χ0v) is 11.4. The van der Waals surface area contributed by atoms with E-state index in [-0.39, 0.29) is 0 Å². The Morgan fingerprint density at radius 2 is 2.06 bits per heavy atom. The van der Waals surface area contributed by atoms with Crippen LogP contribution >= 0.6 is 0 Å².